The summed E-state index contributed by atoms with van der Waals surface area (Å²) >= 11 is 1.84. The van der Waals surface area contributed by atoms with Crippen LogP contribution in [0.1, 0.15) is 30.1 Å². The summed E-state index contributed by atoms with van der Waals surface area (Å²) < 4.78 is 13.7. The third-order valence-electron chi connectivity index (χ3n) is 4.67. The van der Waals surface area contributed by atoms with E-state index in [9.17, 15) is 0 Å². The van der Waals surface area contributed by atoms with E-state index in [1.165, 1.54) is 0 Å². The Morgan fingerprint density at radius 1 is 1.23 bits per heavy atom. The zero-order valence-corrected chi connectivity index (χ0v) is 21.0. The van der Waals surface area contributed by atoms with Crippen molar-refractivity contribution in [1.82, 2.24) is 25.4 Å². The fourth-order valence-corrected chi connectivity index (χ4v) is 3.34. The lowest BCUT2D eigenvalue weighted by molar-refractivity contribution is 0.296. The van der Waals surface area contributed by atoms with Crippen molar-refractivity contribution in [3.05, 3.63) is 35.4 Å². The molecule has 0 unspecified atom stereocenters. The van der Waals surface area contributed by atoms with Crippen LogP contribution < -0.4 is 20.1 Å². The Morgan fingerprint density at radius 2 is 2.07 bits per heavy atom. The number of guanidine groups is 1. The Labute approximate surface area is 199 Å². The van der Waals surface area contributed by atoms with Gasteiger partial charge < -0.3 is 24.7 Å². The van der Waals surface area contributed by atoms with Crippen LogP contribution in [0.2, 0.25) is 0 Å². The van der Waals surface area contributed by atoms with Gasteiger partial charge in [-0.05, 0) is 31.4 Å². The van der Waals surface area contributed by atoms with Crippen molar-refractivity contribution in [2.24, 2.45) is 12.0 Å². The molecule has 3 rings (SSSR count). The van der Waals surface area contributed by atoms with Gasteiger partial charge in [0.05, 0.1) is 26.3 Å². The molecule has 2 heterocycles. The van der Waals surface area contributed by atoms with Crippen LogP contribution >= 0.6 is 35.7 Å². The zero-order valence-electron chi connectivity index (χ0n) is 17.8. The van der Waals surface area contributed by atoms with E-state index in [4.69, 9.17) is 14.5 Å². The number of aryl methyl sites for hydroxylation is 1. The van der Waals surface area contributed by atoms with Gasteiger partial charge >= 0.3 is 0 Å². The first-order chi connectivity index (χ1) is 14.2. The number of hydrogen-bond donors (Lipinski definition) is 2. The van der Waals surface area contributed by atoms with Crippen molar-refractivity contribution in [3.8, 4) is 11.5 Å². The van der Waals surface area contributed by atoms with Gasteiger partial charge in [-0.15, -0.1) is 34.2 Å². The summed E-state index contributed by atoms with van der Waals surface area (Å²) in [7, 11) is 1.96. The second kappa shape index (κ2) is 12.9. The number of para-hydroxylation sites is 1. The third-order valence-corrected chi connectivity index (χ3v) is 5.37. The fraction of sp³-hybridized carbons (Fsp3) is 0.550. The van der Waals surface area contributed by atoms with Gasteiger partial charge in [0.15, 0.2) is 23.3 Å². The molecule has 0 radical (unpaired) electrons. The lowest BCUT2D eigenvalue weighted by atomic mass is 10.2. The second-order valence-corrected chi connectivity index (χ2v) is 7.79. The number of fused-ring (bicyclic) bond motifs is 1. The van der Waals surface area contributed by atoms with Crippen LogP contribution in [0.15, 0.2) is 23.2 Å². The van der Waals surface area contributed by atoms with E-state index in [1.54, 1.807) is 0 Å². The van der Waals surface area contributed by atoms with Crippen LogP contribution in [0.3, 0.4) is 0 Å². The van der Waals surface area contributed by atoms with E-state index in [0.29, 0.717) is 26.3 Å². The van der Waals surface area contributed by atoms with E-state index < -0.39 is 0 Å². The van der Waals surface area contributed by atoms with Crippen molar-refractivity contribution in [1.29, 1.82) is 0 Å². The first-order valence-electron chi connectivity index (χ1n) is 9.92. The van der Waals surface area contributed by atoms with Crippen molar-refractivity contribution in [2.45, 2.75) is 32.9 Å². The molecular formula is C20H31IN6O2S. The number of aliphatic imine (C=N–C) groups is 1. The second-order valence-electron chi connectivity index (χ2n) is 6.81. The quantitative estimate of drug-likeness (QED) is 0.228. The van der Waals surface area contributed by atoms with Crippen molar-refractivity contribution >= 4 is 41.7 Å². The number of benzene rings is 1. The maximum atomic E-state index is 5.91. The van der Waals surface area contributed by atoms with E-state index in [2.05, 4.69) is 27.1 Å². The summed E-state index contributed by atoms with van der Waals surface area (Å²) in [5.41, 5.74) is 1.02. The lowest BCUT2D eigenvalue weighted by Gasteiger charge is -2.14. The molecule has 2 aromatic rings. The van der Waals surface area contributed by atoms with Gasteiger partial charge in [0, 0.05) is 25.6 Å². The van der Waals surface area contributed by atoms with Crippen molar-refractivity contribution in [2.75, 3.05) is 31.8 Å². The predicted octanol–water partition coefficient (Wildman–Crippen LogP) is 2.89. The summed E-state index contributed by atoms with van der Waals surface area (Å²) in [5, 5.41) is 15.1. The predicted molar refractivity (Wildman–Crippen MR) is 132 cm³/mol. The molecule has 0 amide bonds. The van der Waals surface area contributed by atoms with Crippen LogP contribution in [0.25, 0.3) is 0 Å². The monoisotopic (exact) mass is 546 g/mol. The molecule has 1 aromatic carbocycles. The number of rotatable bonds is 8. The molecule has 30 heavy (non-hydrogen) atoms. The van der Waals surface area contributed by atoms with E-state index in [-0.39, 0.29) is 24.0 Å². The highest BCUT2D eigenvalue weighted by molar-refractivity contribution is 14.0. The van der Waals surface area contributed by atoms with Crippen LogP contribution in [-0.4, -0.2) is 52.5 Å². The van der Waals surface area contributed by atoms with Crippen LogP contribution in [-0.2, 0) is 20.1 Å². The number of nitrogens with one attached hydrogen (secondary N) is 2. The summed E-state index contributed by atoms with van der Waals surface area (Å²) in [4.78, 5) is 4.78. The SMILES string of the molecule is CSCCCNC(=NCc1cccc2c1OCCCO2)NCc1nnc(C)n1C.I. The zero-order chi connectivity index (χ0) is 20.5. The van der Waals surface area contributed by atoms with Crippen molar-refractivity contribution < 1.29 is 9.47 Å². The molecular weight excluding hydrogens is 515 g/mol. The average molecular weight is 546 g/mol. The van der Waals surface area contributed by atoms with Crippen LogP contribution in [0.5, 0.6) is 11.5 Å². The minimum atomic E-state index is 0. The molecule has 0 saturated carbocycles. The Bertz CT molecular complexity index is 830. The maximum Gasteiger partial charge on any atom is 0.191 e. The Kier molecular flexibility index (Phi) is 10.6. The Hall–Kier alpha value is -1.69. The van der Waals surface area contributed by atoms with Gasteiger partial charge in [0.25, 0.3) is 0 Å². The van der Waals surface area contributed by atoms with Gasteiger partial charge in [-0.25, -0.2) is 4.99 Å². The minimum Gasteiger partial charge on any atom is -0.490 e. The highest BCUT2D eigenvalue weighted by Gasteiger charge is 2.14. The smallest absolute Gasteiger partial charge is 0.191 e. The number of thioether (sulfide) groups is 1. The number of hydrogen-bond acceptors (Lipinski definition) is 6. The Balaban J connectivity index is 0.00000320. The summed E-state index contributed by atoms with van der Waals surface area (Å²) in [6.45, 7) is 5.20. The molecule has 0 bridgehead atoms. The molecule has 10 heteroatoms. The van der Waals surface area contributed by atoms with E-state index >= 15 is 0 Å². The highest BCUT2D eigenvalue weighted by atomic mass is 127. The van der Waals surface area contributed by atoms with Crippen molar-refractivity contribution in [3.63, 3.8) is 0 Å². The van der Waals surface area contributed by atoms with Crippen LogP contribution in [0.4, 0.5) is 0 Å². The van der Waals surface area contributed by atoms with Gasteiger partial charge in [-0.2, -0.15) is 11.8 Å². The molecule has 0 aliphatic carbocycles. The number of nitrogens with zero attached hydrogens (tertiary/aromatic N) is 4. The summed E-state index contributed by atoms with van der Waals surface area (Å²) in [5.74, 6) is 5.22. The van der Waals surface area contributed by atoms with E-state index in [0.717, 1.165) is 59.8 Å². The molecule has 1 aliphatic heterocycles. The molecule has 0 saturated heterocycles. The van der Waals surface area contributed by atoms with Gasteiger partial charge in [0.1, 0.15) is 5.82 Å². The largest absolute Gasteiger partial charge is 0.490 e. The molecule has 0 atom stereocenters. The van der Waals surface area contributed by atoms with Gasteiger partial charge in [0.2, 0.25) is 0 Å². The van der Waals surface area contributed by atoms with Gasteiger partial charge in [-0.1, -0.05) is 12.1 Å². The highest BCUT2D eigenvalue weighted by Crippen LogP contribution is 2.33. The molecule has 1 aromatic heterocycles. The summed E-state index contributed by atoms with van der Waals surface area (Å²) in [6, 6.07) is 5.97. The number of ether oxygens (including phenoxy) is 2. The van der Waals surface area contributed by atoms with Gasteiger partial charge in [-0.3, -0.25) is 0 Å². The molecule has 1 aliphatic rings. The molecule has 0 spiro atoms. The number of aromatic nitrogens is 3. The molecule has 8 nitrogen and oxygen atoms in total. The topological polar surface area (TPSA) is 85.6 Å². The number of halogens is 1. The van der Waals surface area contributed by atoms with Crippen LogP contribution in [0, 0.1) is 6.92 Å². The average Bonchev–Trinajstić information content (AvgIpc) is 2.92. The third kappa shape index (κ3) is 6.93. The van der Waals surface area contributed by atoms with E-state index in [1.807, 2.05) is 48.5 Å². The molecule has 2 N–H and O–H groups in total. The first-order valence-corrected chi connectivity index (χ1v) is 11.3. The summed E-state index contributed by atoms with van der Waals surface area (Å²) in [6.07, 6.45) is 4.08. The normalized spacial score (nSPS) is 13.4. The maximum absolute atomic E-state index is 5.91. The fourth-order valence-electron chi connectivity index (χ4n) is 2.91. The standard InChI is InChI=1S/C20H30N6O2S.HI/c1-15-24-25-18(26(15)2)14-23-20(21-9-5-12-29-3)22-13-16-7-4-8-17-19(16)28-11-6-10-27-17;/h4,7-8H,5-6,9-14H2,1-3H3,(H2,21,22,23);1H. The lowest BCUT2D eigenvalue weighted by Crippen LogP contribution is -2.38. The first kappa shape index (κ1) is 24.6. The Morgan fingerprint density at radius 3 is 2.83 bits per heavy atom. The minimum absolute atomic E-state index is 0. The molecule has 0 fully saturated rings. The molecule has 166 valence electrons.